The molecule has 5 nitrogen and oxygen atoms in total. The number of aryl methyl sites for hydroxylation is 1. The maximum absolute atomic E-state index is 12.8. The number of aromatic nitrogens is 2. The molecule has 1 N–H and O–H groups in total. The van der Waals surface area contributed by atoms with Gasteiger partial charge >= 0.3 is 0 Å². The number of thiophene rings is 1. The SMILES string of the molecule is COc1ccccc1NC(=O)c1cc2c(C)nn(-c3cccc(Cl)c3)c2s1. The van der Waals surface area contributed by atoms with Crippen LogP contribution in [0.5, 0.6) is 5.75 Å². The Balaban J connectivity index is 1.71. The number of methoxy groups -OCH3 is 1. The Bertz CT molecular complexity index is 1150. The number of carbonyl (C=O) groups is 1. The van der Waals surface area contributed by atoms with Crippen molar-refractivity contribution in [1.82, 2.24) is 9.78 Å². The van der Waals surface area contributed by atoms with Crippen molar-refractivity contribution in [2.24, 2.45) is 0 Å². The highest BCUT2D eigenvalue weighted by Gasteiger charge is 2.18. The molecule has 136 valence electrons. The Morgan fingerprint density at radius 1 is 1.19 bits per heavy atom. The number of para-hydroxylation sites is 2. The Kier molecular flexibility index (Phi) is 4.59. The van der Waals surface area contributed by atoms with E-state index in [0.29, 0.717) is 21.3 Å². The number of fused-ring (bicyclic) bond motifs is 1. The number of rotatable bonds is 4. The molecule has 4 rings (SSSR count). The van der Waals surface area contributed by atoms with Crippen LogP contribution in [0.2, 0.25) is 5.02 Å². The molecule has 1 amide bonds. The maximum Gasteiger partial charge on any atom is 0.265 e. The first kappa shape index (κ1) is 17.6. The minimum Gasteiger partial charge on any atom is -0.495 e. The number of nitrogens with zero attached hydrogens (tertiary/aromatic N) is 2. The molecule has 27 heavy (non-hydrogen) atoms. The number of ether oxygens (including phenoxy) is 1. The van der Waals surface area contributed by atoms with E-state index in [1.165, 1.54) is 11.3 Å². The summed E-state index contributed by atoms with van der Waals surface area (Å²) in [5.41, 5.74) is 2.35. The number of halogens is 1. The summed E-state index contributed by atoms with van der Waals surface area (Å²) in [5.74, 6) is 0.436. The first-order valence-corrected chi connectivity index (χ1v) is 9.46. The summed E-state index contributed by atoms with van der Waals surface area (Å²) in [6.45, 7) is 1.93. The number of nitrogens with one attached hydrogen (secondary N) is 1. The van der Waals surface area contributed by atoms with Gasteiger partial charge in [0.15, 0.2) is 0 Å². The molecule has 0 saturated heterocycles. The second-order valence-corrected chi connectivity index (χ2v) is 7.43. The van der Waals surface area contributed by atoms with Crippen LogP contribution in [0.4, 0.5) is 5.69 Å². The van der Waals surface area contributed by atoms with Crippen molar-refractivity contribution >= 4 is 44.7 Å². The van der Waals surface area contributed by atoms with Crippen molar-refractivity contribution in [3.8, 4) is 11.4 Å². The molecule has 0 fully saturated rings. The highest BCUT2D eigenvalue weighted by molar-refractivity contribution is 7.20. The average Bonchev–Trinajstić information content (AvgIpc) is 3.23. The summed E-state index contributed by atoms with van der Waals surface area (Å²) >= 11 is 7.50. The predicted octanol–water partition coefficient (Wildman–Crippen LogP) is 5.31. The van der Waals surface area contributed by atoms with Crippen LogP contribution < -0.4 is 10.1 Å². The fourth-order valence-corrected chi connectivity index (χ4v) is 4.14. The number of carbonyl (C=O) groups excluding carboxylic acids is 1. The molecule has 4 aromatic rings. The van der Waals surface area contributed by atoms with Gasteiger partial charge in [-0.15, -0.1) is 11.3 Å². The lowest BCUT2D eigenvalue weighted by molar-refractivity contribution is 0.103. The van der Waals surface area contributed by atoms with Crippen LogP contribution in [0.1, 0.15) is 15.4 Å². The van der Waals surface area contributed by atoms with Gasteiger partial charge in [0.25, 0.3) is 5.91 Å². The monoisotopic (exact) mass is 397 g/mol. The largest absolute Gasteiger partial charge is 0.495 e. The van der Waals surface area contributed by atoms with Gasteiger partial charge in [0.2, 0.25) is 0 Å². The lowest BCUT2D eigenvalue weighted by Crippen LogP contribution is -2.11. The first-order chi connectivity index (χ1) is 13.1. The molecule has 0 aliphatic rings. The van der Waals surface area contributed by atoms with Gasteiger partial charge in [0, 0.05) is 10.4 Å². The number of benzene rings is 2. The predicted molar refractivity (Wildman–Crippen MR) is 110 cm³/mol. The van der Waals surface area contributed by atoms with Crippen LogP contribution in [0.15, 0.2) is 54.6 Å². The van der Waals surface area contributed by atoms with Crippen LogP contribution in [0.3, 0.4) is 0 Å². The topological polar surface area (TPSA) is 56.1 Å². The summed E-state index contributed by atoms with van der Waals surface area (Å²) < 4.78 is 7.12. The van der Waals surface area contributed by atoms with E-state index in [4.69, 9.17) is 16.3 Å². The zero-order valence-electron chi connectivity index (χ0n) is 14.7. The van der Waals surface area contributed by atoms with E-state index >= 15 is 0 Å². The highest BCUT2D eigenvalue weighted by Crippen LogP contribution is 2.32. The highest BCUT2D eigenvalue weighted by atomic mass is 35.5. The van der Waals surface area contributed by atoms with Crippen LogP contribution in [0.25, 0.3) is 15.9 Å². The van der Waals surface area contributed by atoms with Gasteiger partial charge in [-0.1, -0.05) is 29.8 Å². The van der Waals surface area contributed by atoms with Gasteiger partial charge in [-0.25, -0.2) is 4.68 Å². The van der Waals surface area contributed by atoms with E-state index in [1.807, 2.05) is 66.2 Å². The number of hydrogen-bond acceptors (Lipinski definition) is 4. The first-order valence-electron chi connectivity index (χ1n) is 8.26. The number of hydrogen-bond donors (Lipinski definition) is 1. The van der Waals surface area contributed by atoms with Crippen molar-refractivity contribution in [3.63, 3.8) is 0 Å². The van der Waals surface area contributed by atoms with Crippen LogP contribution in [-0.4, -0.2) is 22.8 Å². The third-order valence-corrected chi connectivity index (χ3v) is 5.52. The van der Waals surface area contributed by atoms with Gasteiger partial charge in [-0.2, -0.15) is 5.10 Å². The Hall–Kier alpha value is -2.83. The quantitative estimate of drug-likeness (QED) is 0.507. The zero-order chi connectivity index (χ0) is 19.0. The molecule has 0 radical (unpaired) electrons. The molecule has 0 aliphatic heterocycles. The van der Waals surface area contributed by atoms with Crippen molar-refractivity contribution in [2.75, 3.05) is 12.4 Å². The van der Waals surface area contributed by atoms with Crippen molar-refractivity contribution in [2.45, 2.75) is 6.92 Å². The molecule has 0 spiro atoms. The molecule has 0 saturated carbocycles. The minimum atomic E-state index is -0.183. The summed E-state index contributed by atoms with van der Waals surface area (Å²) in [4.78, 5) is 14.3. The Morgan fingerprint density at radius 2 is 2.00 bits per heavy atom. The molecule has 2 aromatic carbocycles. The van der Waals surface area contributed by atoms with Crippen LogP contribution in [-0.2, 0) is 0 Å². The van der Waals surface area contributed by atoms with Crippen molar-refractivity contribution in [1.29, 1.82) is 0 Å². The van der Waals surface area contributed by atoms with E-state index in [2.05, 4.69) is 10.4 Å². The molecule has 0 aliphatic carbocycles. The van der Waals surface area contributed by atoms with Crippen molar-refractivity contribution < 1.29 is 9.53 Å². The van der Waals surface area contributed by atoms with Gasteiger partial charge < -0.3 is 10.1 Å². The van der Waals surface area contributed by atoms with E-state index in [1.54, 1.807) is 7.11 Å². The third-order valence-electron chi connectivity index (χ3n) is 4.18. The molecular weight excluding hydrogens is 382 g/mol. The van der Waals surface area contributed by atoms with E-state index in [-0.39, 0.29) is 5.91 Å². The third kappa shape index (κ3) is 3.29. The fraction of sp³-hybridized carbons (Fsp3) is 0.100. The van der Waals surface area contributed by atoms with Gasteiger partial charge in [-0.3, -0.25) is 4.79 Å². The summed E-state index contributed by atoms with van der Waals surface area (Å²) in [6.07, 6.45) is 0. The molecular formula is C20H16ClN3O2S. The molecule has 2 heterocycles. The smallest absolute Gasteiger partial charge is 0.265 e. The Morgan fingerprint density at radius 3 is 2.78 bits per heavy atom. The minimum absolute atomic E-state index is 0.183. The van der Waals surface area contributed by atoms with Crippen molar-refractivity contribution in [3.05, 3.63) is 70.2 Å². The molecule has 0 atom stereocenters. The van der Waals surface area contributed by atoms with Gasteiger partial charge in [-0.05, 0) is 43.3 Å². The van der Waals surface area contributed by atoms with Crippen LogP contribution >= 0.6 is 22.9 Å². The lowest BCUT2D eigenvalue weighted by atomic mass is 10.2. The summed E-state index contributed by atoms with van der Waals surface area (Å²) in [7, 11) is 1.58. The molecule has 2 aromatic heterocycles. The van der Waals surface area contributed by atoms with Crippen LogP contribution in [0, 0.1) is 6.92 Å². The normalized spacial score (nSPS) is 10.9. The van der Waals surface area contributed by atoms with Gasteiger partial charge in [0.1, 0.15) is 10.6 Å². The number of anilines is 1. The Labute approximate surface area is 165 Å². The molecule has 0 bridgehead atoms. The van der Waals surface area contributed by atoms with E-state index in [0.717, 1.165) is 21.6 Å². The standard InChI is InChI=1S/C20H16ClN3O2S/c1-12-15-11-18(19(25)22-16-8-3-4-9-17(16)26-2)27-20(15)24(23-12)14-7-5-6-13(21)10-14/h3-11H,1-2H3,(H,22,25). The lowest BCUT2D eigenvalue weighted by Gasteiger charge is -2.08. The van der Waals surface area contributed by atoms with E-state index < -0.39 is 0 Å². The zero-order valence-corrected chi connectivity index (χ0v) is 16.3. The second-order valence-electron chi connectivity index (χ2n) is 5.96. The second kappa shape index (κ2) is 7.06. The molecule has 7 heteroatoms. The fourth-order valence-electron chi connectivity index (χ4n) is 2.87. The van der Waals surface area contributed by atoms with Gasteiger partial charge in [0.05, 0.1) is 29.1 Å². The summed E-state index contributed by atoms with van der Waals surface area (Å²) in [6, 6.07) is 16.7. The average molecular weight is 398 g/mol. The van der Waals surface area contributed by atoms with E-state index in [9.17, 15) is 4.79 Å². The number of amides is 1. The molecule has 0 unspecified atom stereocenters. The summed E-state index contributed by atoms with van der Waals surface area (Å²) in [5, 5.41) is 9.09. The maximum atomic E-state index is 12.8.